The van der Waals surface area contributed by atoms with Gasteiger partial charge in [0, 0.05) is 36.3 Å². The summed E-state index contributed by atoms with van der Waals surface area (Å²) >= 11 is 0. The Morgan fingerprint density at radius 2 is 1.69 bits per heavy atom. The zero-order valence-electron chi connectivity index (χ0n) is 15.8. The van der Waals surface area contributed by atoms with Gasteiger partial charge < -0.3 is 4.74 Å². The van der Waals surface area contributed by atoms with Crippen molar-refractivity contribution in [2.45, 2.75) is 34.6 Å². The average molecular weight is 351 g/mol. The molecule has 0 aliphatic heterocycles. The van der Waals surface area contributed by atoms with Crippen molar-refractivity contribution in [3.05, 3.63) is 52.0 Å². The highest BCUT2D eigenvalue weighted by atomic mass is 16.5. The molecule has 2 heterocycles. The van der Waals surface area contributed by atoms with Crippen LogP contribution in [-0.4, -0.2) is 26.5 Å². The van der Waals surface area contributed by atoms with Crippen molar-refractivity contribution in [2.24, 2.45) is 7.05 Å². The van der Waals surface area contributed by atoms with Gasteiger partial charge in [0.1, 0.15) is 5.56 Å². The van der Waals surface area contributed by atoms with Crippen molar-refractivity contribution >= 4 is 22.5 Å². The largest absolute Gasteiger partial charge is 0.407 e. The first kappa shape index (κ1) is 17.8. The highest BCUT2D eigenvalue weighted by molar-refractivity contribution is 6.18. The number of carbonyl (C=O) groups excluding carboxylic acids is 2. The maximum atomic E-state index is 13.3. The highest BCUT2D eigenvalue weighted by Crippen LogP contribution is 2.32. The van der Waals surface area contributed by atoms with E-state index in [1.165, 1.54) is 17.8 Å². The Kier molecular flexibility index (Phi) is 4.36. The molecule has 0 aliphatic carbocycles. The van der Waals surface area contributed by atoms with Crippen LogP contribution in [0.25, 0.3) is 10.8 Å². The molecule has 134 valence electrons. The summed E-state index contributed by atoms with van der Waals surface area (Å²) in [7, 11) is 1.63. The first-order valence-corrected chi connectivity index (χ1v) is 8.34. The van der Waals surface area contributed by atoms with E-state index in [4.69, 9.17) is 4.74 Å². The molecule has 0 amide bonds. The number of hydrogen-bond donors (Lipinski definition) is 0. The van der Waals surface area contributed by atoms with E-state index in [-0.39, 0.29) is 17.2 Å². The molecule has 3 rings (SSSR count). The van der Waals surface area contributed by atoms with Crippen molar-refractivity contribution in [1.82, 2.24) is 14.8 Å². The first-order chi connectivity index (χ1) is 12.2. The molecule has 0 unspecified atom stereocenters. The van der Waals surface area contributed by atoms with Crippen molar-refractivity contribution in [3.8, 4) is 5.88 Å². The number of ether oxygens (including phenoxy) is 1. The molecule has 0 saturated heterocycles. The van der Waals surface area contributed by atoms with Crippen LogP contribution in [0.4, 0.5) is 0 Å². The number of benzene rings is 1. The fourth-order valence-electron chi connectivity index (χ4n) is 3.31. The standard InChI is InChI=1S/C20H21N3O3/c1-10-7-8-15(18-11(2)12(3)22-13(4)17(10)18)19(25)16-9-21-23(6)20(16)26-14(5)24/h7-9H,1-6H3. The van der Waals surface area contributed by atoms with Crippen molar-refractivity contribution in [3.63, 3.8) is 0 Å². The number of aryl methyl sites for hydroxylation is 5. The molecular weight excluding hydrogens is 330 g/mol. The Labute approximate surface area is 151 Å². The predicted octanol–water partition coefficient (Wildman–Crippen LogP) is 3.36. The molecule has 0 aliphatic rings. The van der Waals surface area contributed by atoms with E-state index in [0.717, 1.165) is 33.3 Å². The summed E-state index contributed by atoms with van der Waals surface area (Å²) in [6.07, 6.45) is 1.43. The minimum atomic E-state index is -0.497. The van der Waals surface area contributed by atoms with E-state index < -0.39 is 5.97 Å². The fraction of sp³-hybridized carbons (Fsp3) is 0.300. The van der Waals surface area contributed by atoms with Gasteiger partial charge in [-0.1, -0.05) is 12.1 Å². The lowest BCUT2D eigenvalue weighted by Gasteiger charge is -2.15. The predicted molar refractivity (Wildman–Crippen MR) is 98.6 cm³/mol. The van der Waals surface area contributed by atoms with Gasteiger partial charge in [-0.05, 0) is 44.2 Å². The van der Waals surface area contributed by atoms with Crippen molar-refractivity contribution in [1.29, 1.82) is 0 Å². The smallest absolute Gasteiger partial charge is 0.309 e. The monoisotopic (exact) mass is 351 g/mol. The van der Waals surface area contributed by atoms with Crippen LogP contribution < -0.4 is 4.74 Å². The normalized spacial score (nSPS) is 11.0. The third-order valence-electron chi connectivity index (χ3n) is 4.64. The van der Waals surface area contributed by atoms with Crippen molar-refractivity contribution < 1.29 is 14.3 Å². The van der Waals surface area contributed by atoms with Crippen LogP contribution in [-0.2, 0) is 11.8 Å². The van der Waals surface area contributed by atoms with Gasteiger partial charge in [0.2, 0.25) is 11.7 Å². The van der Waals surface area contributed by atoms with Crippen LogP contribution in [0.3, 0.4) is 0 Å². The van der Waals surface area contributed by atoms with Gasteiger partial charge in [-0.3, -0.25) is 14.6 Å². The second-order valence-corrected chi connectivity index (χ2v) is 6.50. The van der Waals surface area contributed by atoms with E-state index in [2.05, 4.69) is 10.1 Å². The lowest BCUT2D eigenvalue weighted by molar-refractivity contribution is -0.132. The molecule has 0 atom stereocenters. The third-order valence-corrected chi connectivity index (χ3v) is 4.64. The van der Waals surface area contributed by atoms with Gasteiger partial charge in [0.15, 0.2) is 0 Å². The Bertz CT molecular complexity index is 1060. The molecule has 6 nitrogen and oxygen atoms in total. The number of esters is 1. The van der Waals surface area contributed by atoms with Crippen LogP contribution >= 0.6 is 0 Å². The summed E-state index contributed by atoms with van der Waals surface area (Å²) in [5, 5.41) is 5.95. The van der Waals surface area contributed by atoms with Crippen LogP contribution in [0.15, 0.2) is 18.3 Å². The number of pyridine rings is 1. The van der Waals surface area contributed by atoms with E-state index in [9.17, 15) is 9.59 Å². The van der Waals surface area contributed by atoms with Crippen LogP contribution in [0.1, 0.15) is 45.4 Å². The van der Waals surface area contributed by atoms with Gasteiger partial charge in [0.25, 0.3) is 0 Å². The molecule has 0 fully saturated rings. The number of hydrogen-bond acceptors (Lipinski definition) is 5. The average Bonchev–Trinajstić information content (AvgIpc) is 2.92. The molecule has 3 aromatic rings. The fourth-order valence-corrected chi connectivity index (χ4v) is 3.31. The number of nitrogens with zero attached hydrogens (tertiary/aromatic N) is 3. The third kappa shape index (κ3) is 2.77. The first-order valence-electron chi connectivity index (χ1n) is 8.34. The molecule has 0 spiro atoms. The van der Waals surface area contributed by atoms with Gasteiger partial charge >= 0.3 is 5.97 Å². The summed E-state index contributed by atoms with van der Waals surface area (Å²) in [6, 6.07) is 3.73. The molecular formula is C20H21N3O3. The maximum absolute atomic E-state index is 13.3. The molecule has 0 radical (unpaired) electrons. The Morgan fingerprint density at radius 3 is 2.35 bits per heavy atom. The van der Waals surface area contributed by atoms with Crippen LogP contribution in [0.2, 0.25) is 0 Å². The zero-order valence-corrected chi connectivity index (χ0v) is 15.8. The molecule has 26 heavy (non-hydrogen) atoms. The number of aromatic nitrogens is 3. The quantitative estimate of drug-likeness (QED) is 0.534. The van der Waals surface area contributed by atoms with E-state index in [1.807, 2.05) is 39.8 Å². The van der Waals surface area contributed by atoms with Gasteiger partial charge in [-0.15, -0.1) is 0 Å². The zero-order chi connectivity index (χ0) is 19.2. The van der Waals surface area contributed by atoms with Crippen LogP contribution in [0.5, 0.6) is 5.88 Å². The van der Waals surface area contributed by atoms with Crippen molar-refractivity contribution in [2.75, 3.05) is 0 Å². The van der Waals surface area contributed by atoms with Crippen LogP contribution in [0, 0.1) is 27.7 Å². The van der Waals surface area contributed by atoms with E-state index in [1.54, 1.807) is 7.05 Å². The number of fused-ring (bicyclic) bond motifs is 1. The number of ketones is 1. The summed E-state index contributed by atoms with van der Waals surface area (Å²) in [4.78, 5) is 29.3. The van der Waals surface area contributed by atoms with E-state index in [0.29, 0.717) is 5.56 Å². The Morgan fingerprint density at radius 1 is 1.00 bits per heavy atom. The molecule has 2 aromatic heterocycles. The lowest BCUT2D eigenvalue weighted by Crippen LogP contribution is -2.11. The van der Waals surface area contributed by atoms with E-state index >= 15 is 0 Å². The van der Waals surface area contributed by atoms with Gasteiger partial charge in [0.05, 0.1) is 6.20 Å². The Balaban J connectivity index is 2.29. The second kappa shape index (κ2) is 6.37. The van der Waals surface area contributed by atoms with Gasteiger partial charge in [-0.25, -0.2) is 4.68 Å². The molecule has 1 aromatic carbocycles. The minimum Gasteiger partial charge on any atom is -0.407 e. The summed E-state index contributed by atoms with van der Waals surface area (Å²) in [5.74, 6) is -0.577. The summed E-state index contributed by atoms with van der Waals surface area (Å²) < 4.78 is 6.59. The lowest BCUT2D eigenvalue weighted by atomic mass is 9.91. The second-order valence-electron chi connectivity index (χ2n) is 6.50. The molecule has 0 N–H and O–H groups in total. The Hall–Kier alpha value is -3.02. The highest BCUT2D eigenvalue weighted by Gasteiger charge is 2.24. The number of rotatable bonds is 3. The SMILES string of the molecule is CC(=O)Oc1c(C(=O)c2ccc(C)c3c(C)nc(C)c(C)c23)cnn1C. The topological polar surface area (TPSA) is 74.1 Å². The summed E-state index contributed by atoms with van der Waals surface area (Å²) in [5.41, 5.74) is 4.63. The minimum absolute atomic E-state index is 0.149. The number of carbonyl (C=O) groups is 2. The van der Waals surface area contributed by atoms with Gasteiger partial charge in [-0.2, -0.15) is 5.10 Å². The molecule has 0 saturated carbocycles. The maximum Gasteiger partial charge on any atom is 0.309 e. The molecule has 0 bridgehead atoms. The molecule has 6 heteroatoms. The summed E-state index contributed by atoms with van der Waals surface area (Å²) in [6.45, 7) is 9.16.